The lowest BCUT2D eigenvalue weighted by molar-refractivity contribution is 0.0507. The molecule has 164 valence electrons. The van der Waals surface area contributed by atoms with Crippen LogP contribution in [0.5, 0.6) is 5.75 Å². The quantitative estimate of drug-likeness (QED) is 0.726. The van der Waals surface area contributed by atoms with E-state index in [2.05, 4.69) is 15.7 Å². The Bertz CT molecular complexity index is 875. The van der Waals surface area contributed by atoms with Gasteiger partial charge in [-0.25, -0.2) is 10.1 Å². The molecule has 4 rings (SSSR count). The number of nitrogens with zero attached hydrogens (tertiary/aromatic N) is 3. The maximum absolute atomic E-state index is 13.1. The zero-order chi connectivity index (χ0) is 21.1. The standard InChI is InChI=1S/C21H30N4O4S/c1-24(15-7-9-16(27-2)10-8-15)21(26)23-20-22-19-17(28-3)5-4-6-18(19)30(20)25-11-13-29-14-12-25/h4-6,15-16H,7-14H2,1-3H3/p+1. The van der Waals surface area contributed by atoms with Crippen molar-refractivity contribution in [1.82, 2.24) is 9.88 Å². The molecule has 2 amide bonds. The van der Waals surface area contributed by atoms with Gasteiger partial charge >= 0.3 is 11.2 Å². The van der Waals surface area contributed by atoms with E-state index in [1.54, 1.807) is 14.2 Å². The van der Waals surface area contributed by atoms with Crippen LogP contribution in [0.25, 0.3) is 10.2 Å². The minimum Gasteiger partial charge on any atom is -0.494 e. The van der Waals surface area contributed by atoms with Crippen molar-refractivity contribution in [3.05, 3.63) is 18.2 Å². The highest BCUT2D eigenvalue weighted by Gasteiger charge is 2.35. The van der Waals surface area contributed by atoms with E-state index < -0.39 is 10.7 Å². The number of thiazole rings is 1. The molecule has 2 fully saturated rings. The molecule has 0 spiro atoms. The molecule has 1 aromatic carbocycles. The van der Waals surface area contributed by atoms with Crippen LogP contribution < -0.4 is 14.4 Å². The van der Waals surface area contributed by atoms with E-state index in [0.29, 0.717) is 24.4 Å². The van der Waals surface area contributed by atoms with Gasteiger partial charge in [-0.3, -0.25) is 0 Å². The van der Waals surface area contributed by atoms with E-state index in [9.17, 15) is 4.79 Å². The second-order valence-corrected chi connectivity index (χ2v) is 9.67. The predicted molar refractivity (Wildman–Crippen MR) is 119 cm³/mol. The predicted octanol–water partition coefficient (Wildman–Crippen LogP) is 3.38. The highest BCUT2D eigenvalue weighted by molar-refractivity contribution is 7.42. The van der Waals surface area contributed by atoms with Crippen LogP contribution >= 0.6 is 10.7 Å². The van der Waals surface area contributed by atoms with Crippen LogP contribution in [0.2, 0.25) is 0 Å². The van der Waals surface area contributed by atoms with Crippen molar-refractivity contribution < 1.29 is 19.0 Å². The molecule has 0 radical (unpaired) electrons. The van der Waals surface area contributed by atoms with E-state index in [4.69, 9.17) is 19.2 Å². The highest BCUT2D eigenvalue weighted by atomic mass is 32.2. The van der Waals surface area contributed by atoms with E-state index in [0.717, 1.165) is 54.7 Å². The second-order valence-electron chi connectivity index (χ2n) is 7.76. The number of amides is 2. The van der Waals surface area contributed by atoms with Gasteiger partial charge in [-0.1, -0.05) is 10.4 Å². The molecule has 9 heteroatoms. The first-order valence-corrected chi connectivity index (χ1v) is 11.7. The third-order valence-electron chi connectivity index (χ3n) is 6.07. The highest BCUT2D eigenvalue weighted by Crippen LogP contribution is 2.43. The lowest BCUT2D eigenvalue weighted by Crippen LogP contribution is -2.43. The summed E-state index contributed by atoms with van der Waals surface area (Å²) in [5.74, 6) is 0.730. The Morgan fingerprint density at radius 2 is 1.97 bits per heavy atom. The number of carbonyl (C=O) groups is 1. The van der Waals surface area contributed by atoms with E-state index in [1.807, 2.05) is 24.1 Å². The fraction of sp³-hybridized carbons (Fsp3) is 0.619. The smallest absolute Gasteiger partial charge is 0.370 e. The molecule has 1 saturated carbocycles. The number of fused-ring (bicyclic) bond motifs is 1. The molecule has 8 nitrogen and oxygen atoms in total. The number of carbonyl (C=O) groups excluding carboxylic acids is 1. The molecule has 30 heavy (non-hydrogen) atoms. The molecule has 2 aliphatic rings. The summed E-state index contributed by atoms with van der Waals surface area (Å²) in [6, 6.07) is 6.09. The Morgan fingerprint density at radius 3 is 2.63 bits per heavy atom. The van der Waals surface area contributed by atoms with E-state index in [1.165, 1.54) is 0 Å². The zero-order valence-electron chi connectivity index (χ0n) is 17.9. The van der Waals surface area contributed by atoms with Gasteiger partial charge in [0, 0.05) is 26.3 Å². The summed E-state index contributed by atoms with van der Waals surface area (Å²) in [6.07, 6.45) is 4.20. The normalized spacial score (nSPS) is 23.4. The number of aromatic nitrogens is 1. The summed E-state index contributed by atoms with van der Waals surface area (Å²) in [5.41, 5.74) is 0.813. The Balaban J connectivity index is 1.59. The number of para-hydroxylation sites is 1. The first-order valence-electron chi connectivity index (χ1n) is 10.5. The monoisotopic (exact) mass is 435 g/mol. The van der Waals surface area contributed by atoms with Gasteiger partial charge in [0.1, 0.15) is 16.4 Å². The van der Waals surface area contributed by atoms with Gasteiger partial charge in [0.25, 0.3) is 0 Å². The summed E-state index contributed by atoms with van der Waals surface area (Å²) < 4.78 is 20.0. The molecule has 2 aromatic rings. The fourth-order valence-corrected chi connectivity index (χ4v) is 6.41. The molecule has 1 aromatic heterocycles. The summed E-state index contributed by atoms with van der Waals surface area (Å²) in [6.45, 7) is 3.00. The average molecular weight is 436 g/mol. The van der Waals surface area contributed by atoms with Crippen LogP contribution in [-0.2, 0) is 9.47 Å². The van der Waals surface area contributed by atoms with Crippen molar-refractivity contribution in [2.24, 2.45) is 0 Å². The van der Waals surface area contributed by atoms with Crippen LogP contribution in [-0.4, -0.2) is 75.6 Å². The van der Waals surface area contributed by atoms with Gasteiger partial charge in [-0.15, -0.1) is 0 Å². The number of morpholine rings is 1. The Kier molecular flexibility index (Phi) is 6.72. The molecule has 1 atom stereocenters. The summed E-state index contributed by atoms with van der Waals surface area (Å²) in [4.78, 5) is 19.8. The number of hydrogen-bond acceptors (Lipinski definition) is 6. The lowest BCUT2D eigenvalue weighted by atomic mass is 9.92. The number of anilines is 1. The number of benzene rings is 1. The van der Waals surface area contributed by atoms with E-state index in [-0.39, 0.29) is 12.1 Å². The molecule has 1 unspecified atom stereocenters. The molecule has 1 N–H and O–H groups in total. The van der Waals surface area contributed by atoms with Crippen LogP contribution in [0.1, 0.15) is 25.7 Å². The van der Waals surface area contributed by atoms with Crippen LogP contribution in [0, 0.1) is 0 Å². The third-order valence-corrected chi connectivity index (χ3v) is 8.26. The van der Waals surface area contributed by atoms with Crippen molar-refractivity contribution >= 4 is 32.0 Å². The molecule has 2 heterocycles. The number of hydrogen-bond donors (Lipinski definition) is 1. The van der Waals surface area contributed by atoms with Crippen molar-refractivity contribution in [3.63, 3.8) is 0 Å². The second kappa shape index (κ2) is 9.47. The molecule has 0 bridgehead atoms. The Morgan fingerprint density at radius 1 is 1.23 bits per heavy atom. The third kappa shape index (κ3) is 4.25. The first kappa shape index (κ1) is 21.3. The van der Waals surface area contributed by atoms with Gasteiger partial charge in [-0.05, 0) is 31.7 Å². The fourth-order valence-electron chi connectivity index (χ4n) is 4.26. The summed E-state index contributed by atoms with van der Waals surface area (Å²) >= 11 is 0. The Labute approximate surface area is 180 Å². The van der Waals surface area contributed by atoms with Crippen molar-refractivity contribution in [3.8, 4) is 5.75 Å². The van der Waals surface area contributed by atoms with Gasteiger partial charge in [-0.2, -0.15) is 4.98 Å². The number of methoxy groups -OCH3 is 2. The number of urea groups is 1. The van der Waals surface area contributed by atoms with Crippen LogP contribution in [0.3, 0.4) is 0 Å². The maximum atomic E-state index is 13.1. The topological polar surface area (TPSA) is 76.2 Å². The maximum Gasteiger partial charge on any atom is 0.370 e. The van der Waals surface area contributed by atoms with Crippen molar-refractivity contribution in [1.29, 1.82) is 0 Å². The number of nitrogens with one attached hydrogen (secondary N) is 1. The summed E-state index contributed by atoms with van der Waals surface area (Å²) in [5, 5.41) is 3.82. The van der Waals surface area contributed by atoms with Gasteiger partial charge in [0.15, 0.2) is 5.52 Å². The average Bonchev–Trinajstić information content (AvgIpc) is 3.17. The van der Waals surface area contributed by atoms with E-state index >= 15 is 0 Å². The van der Waals surface area contributed by atoms with Crippen LogP contribution in [0.15, 0.2) is 18.2 Å². The number of rotatable bonds is 5. The lowest BCUT2D eigenvalue weighted by Gasteiger charge is -2.33. The van der Waals surface area contributed by atoms with Crippen molar-refractivity contribution in [2.45, 2.75) is 37.8 Å². The SMILES string of the molecule is COc1cccc2c1nc(NC(=O)N(C)C1CCC(OC)CC1)[s+]2N1CCOCC1. The zero-order valence-corrected chi connectivity index (χ0v) is 18.7. The van der Waals surface area contributed by atoms with Gasteiger partial charge in [0.2, 0.25) is 4.70 Å². The van der Waals surface area contributed by atoms with Gasteiger partial charge < -0.3 is 19.1 Å². The minimum absolute atomic E-state index is 0.104. The molecular formula is C21H31N4O4S+. The number of ether oxygens (including phenoxy) is 3. The van der Waals surface area contributed by atoms with Crippen molar-refractivity contribution in [2.75, 3.05) is 57.2 Å². The first-order chi connectivity index (χ1) is 14.6. The van der Waals surface area contributed by atoms with Gasteiger partial charge in [0.05, 0.1) is 39.5 Å². The molecule has 1 aliphatic carbocycles. The largest absolute Gasteiger partial charge is 0.494 e. The molecule has 1 aliphatic heterocycles. The Hall–Kier alpha value is -1.94. The molecule has 1 saturated heterocycles. The summed E-state index contributed by atoms with van der Waals surface area (Å²) in [7, 11) is 4.85. The van der Waals surface area contributed by atoms with Crippen LogP contribution in [0.4, 0.5) is 9.93 Å². The minimum atomic E-state index is -0.443. The molecular weight excluding hydrogens is 404 g/mol.